The molecule has 11 N–H and O–H groups in total. The van der Waals surface area contributed by atoms with E-state index in [1.165, 1.54) is 5.57 Å². The Labute approximate surface area is 396 Å². The van der Waals surface area contributed by atoms with Crippen LogP contribution in [0.5, 0.6) is 0 Å². The molecule has 8 rings (SSSR count). The number of aliphatic hydroxyl groups excluding tert-OH is 11. The van der Waals surface area contributed by atoms with E-state index in [2.05, 4.69) is 40.7 Å². The van der Waals surface area contributed by atoms with E-state index in [-0.39, 0.29) is 35.0 Å². The van der Waals surface area contributed by atoms with Gasteiger partial charge in [-0.2, -0.15) is 0 Å². The second-order valence-corrected chi connectivity index (χ2v) is 23.2. The van der Waals surface area contributed by atoms with Gasteiger partial charge in [-0.1, -0.05) is 53.2 Å². The van der Waals surface area contributed by atoms with Crippen LogP contribution in [0.3, 0.4) is 0 Å². The first-order valence-electron chi connectivity index (χ1n) is 24.4. The number of esters is 2. The number of rotatable bonds is 9. The highest BCUT2D eigenvalue weighted by atomic mass is 16.7. The summed E-state index contributed by atoms with van der Waals surface area (Å²) in [6.07, 6.45) is -18.3. The van der Waals surface area contributed by atoms with Crippen LogP contribution in [0.2, 0.25) is 0 Å². The molecule has 68 heavy (non-hydrogen) atoms. The fraction of sp³-hybridized carbons (Fsp3) is 0.917. The van der Waals surface area contributed by atoms with E-state index in [1.807, 2.05) is 6.92 Å². The van der Waals surface area contributed by atoms with Crippen molar-refractivity contribution in [3.63, 3.8) is 0 Å². The molecule has 0 unspecified atom stereocenters. The molecule has 4 saturated carbocycles. The van der Waals surface area contributed by atoms with Crippen molar-refractivity contribution >= 4 is 11.9 Å². The summed E-state index contributed by atoms with van der Waals surface area (Å²) >= 11 is 0. The normalized spacial score (nSPS) is 53.4. The second kappa shape index (κ2) is 18.5. The van der Waals surface area contributed by atoms with Crippen molar-refractivity contribution in [2.45, 2.75) is 198 Å². The Bertz CT molecular complexity index is 1900. The van der Waals surface area contributed by atoms with Crippen molar-refractivity contribution in [3.8, 4) is 0 Å². The van der Waals surface area contributed by atoms with Crippen molar-refractivity contribution in [3.05, 3.63) is 11.6 Å². The molecule has 0 amide bonds. The van der Waals surface area contributed by atoms with Crippen LogP contribution >= 0.6 is 0 Å². The lowest BCUT2D eigenvalue weighted by Gasteiger charge is -2.71. The van der Waals surface area contributed by atoms with Crippen LogP contribution in [0.25, 0.3) is 0 Å². The number of allylic oxidation sites excluding steroid dienone is 2. The molecule has 7 fully saturated rings. The minimum Gasteiger partial charge on any atom is -0.467 e. The van der Waals surface area contributed by atoms with Gasteiger partial charge < -0.3 is 89.3 Å². The molecule has 0 aromatic carbocycles. The van der Waals surface area contributed by atoms with Gasteiger partial charge in [-0.3, -0.25) is 4.79 Å². The molecule has 0 aromatic rings. The minimum atomic E-state index is -1.91. The molecule has 0 bridgehead atoms. The predicted octanol–water partition coefficient (Wildman–Crippen LogP) is -1.10. The summed E-state index contributed by atoms with van der Waals surface area (Å²) in [5.74, 6) is -2.09. The van der Waals surface area contributed by atoms with E-state index in [9.17, 15) is 65.8 Å². The maximum atomic E-state index is 14.7. The summed E-state index contributed by atoms with van der Waals surface area (Å²) in [7, 11) is 1.07. The van der Waals surface area contributed by atoms with Crippen LogP contribution in [0.1, 0.15) is 99.3 Å². The third-order valence-electron chi connectivity index (χ3n) is 19.2. The molecule has 5 aliphatic carbocycles. The zero-order valence-corrected chi connectivity index (χ0v) is 40.1. The van der Waals surface area contributed by atoms with Gasteiger partial charge in [-0.05, 0) is 97.2 Å². The van der Waals surface area contributed by atoms with Gasteiger partial charge in [-0.15, -0.1) is 0 Å². The monoisotopic (exact) mass is 972 g/mol. The van der Waals surface area contributed by atoms with E-state index >= 15 is 0 Å². The average molecular weight is 973 g/mol. The summed E-state index contributed by atoms with van der Waals surface area (Å²) in [5.41, 5.74) is -2.44. The van der Waals surface area contributed by atoms with Crippen molar-refractivity contribution in [1.29, 1.82) is 0 Å². The minimum absolute atomic E-state index is 0.0221. The lowest BCUT2D eigenvalue weighted by molar-refractivity contribution is -0.362. The van der Waals surface area contributed by atoms with Gasteiger partial charge in [0.1, 0.15) is 61.0 Å². The molecule has 388 valence electrons. The summed E-state index contributed by atoms with van der Waals surface area (Å²) in [6.45, 7) is 11.4. The van der Waals surface area contributed by atoms with E-state index in [0.717, 1.165) is 13.5 Å². The smallest absolute Gasteiger partial charge is 0.337 e. The van der Waals surface area contributed by atoms with Crippen LogP contribution in [-0.4, -0.2) is 193 Å². The number of carbonyl (C=O) groups is 2. The number of carbonyl (C=O) groups excluding carboxylic acids is 2. The molecule has 0 aromatic heterocycles. The molecular weight excluding hydrogens is 897 g/mol. The van der Waals surface area contributed by atoms with Gasteiger partial charge in [0, 0.05) is 5.41 Å². The number of hydrogen-bond acceptors (Lipinski definition) is 20. The lowest BCUT2D eigenvalue weighted by atomic mass is 9.33. The van der Waals surface area contributed by atoms with Crippen molar-refractivity contribution < 1.29 is 98.9 Å². The number of fused-ring (bicyclic) bond motifs is 7. The Kier molecular flexibility index (Phi) is 14.3. The quantitative estimate of drug-likeness (QED) is 0.0743. The Morgan fingerprint density at radius 3 is 2.03 bits per heavy atom. The number of hydrogen-bond donors (Lipinski definition) is 11. The molecule has 24 atom stereocenters. The summed E-state index contributed by atoms with van der Waals surface area (Å²) in [6, 6.07) is 0. The van der Waals surface area contributed by atoms with Gasteiger partial charge in [0.2, 0.25) is 6.29 Å². The Morgan fingerprint density at radius 1 is 0.706 bits per heavy atom. The first kappa shape index (κ1) is 52.4. The lowest BCUT2D eigenvalue weighted by Crippen LogP contribution is -2.70. The van der Waals surface area contributed by atoms with Gasteiger partial charge >= 0.3 is 11.9 Å². The summed E-state index contributed by atoms with van der Waals surface area (Å²) in [4.78, 5) is 27.8. The topological polar surface area (TPSA) is 321 Å². The van der Waals surface area contributed by atoms with Gasteiger partial charge in [0.25, 0.3) is 0 Å². The third kappa shape index (κ3) is 8.03. The Morgan fingerprint density at radius 2 is 1.37 bits per heavy atom. The fourth-order valence-electron chi connectivity index (χ4n) is 15.0. The maximum Gasteiger partial charge on any atom is 0.337 e. The SMILES string of the molecule is COC(=O)[C@H]1O[C@@H](O[C@H]2[C@@H](O)C[C@@]3(C)[C@@H](CC[C@]4(C)[C@@H]3CC=C3[C@H]5CC(C)(C)CC[C@]5(C(=O)O[C@@H]5O[C@H](CO)[C@@H](O)[C@H](O)[C@H]5O)CC[C@]34C)[C@]2(C)CO)[C@H](O)[C@@H](O)[C@@H]1O[C@@H]1OC[C@H](O)[C@H](O)[C@H]1O. The molecule has 0 radical (unpaired) electrons. The van der Waals surface area contributed by atoms with Crippen LogP contribution in [0.15, 0.2) is 11.6 Å². The molecule has 3 aliphatic heterocycles. The first-order chi connectivity index (χ1) is 31.8. The summed E-state index contributed by atoms with van der Waals surface area (Å²) < 4.78 is 40.0. The van der Waals surface area contributed by atoms with E-state index in [0.29, 0.717) is 44.9 Å². The molecule has 3 saturated heterocycles. The standard InChI is InChI=1S/C48H76O20/c1-43(2)12-14-48(42(61)68-40-33(58)30(55)29(54)25(18-49)64-40)15-13-46(5)21(22(48)16-43)8-9-27-44(3)17-23(51)37(45(4,20-50)26(44)10-11-47(27,46)6)67-41-34(59)31(56)35(36(66-41)38(60)62-7)65-39-32(57)28(53)24(52)19-63-39/h8,22-37,39-41,49-59H,9-20H2,1-7H3/t22-,23+,24+,25-,26-,27-,28+,29-,30+,31-,32-,33-,34-,35+,36+,37+,39+,40+,41+,44+,45+,46-,47-,48+/m1/s1. The van der Waals surface area contributed by atoms with Gasteiger partial charge in [0.05, 0.1) is 44.6 Å². The Hall–Kier alpha value is -1.96. The van der Waals surface area contributed by atoms with Crippen LogP contribution in [0, 0.1) is 50.2 Å². The van der Waals surface area contributed by atoms with E-state index in [4.69, 9.17) is 33.2 Å². The van der Waals surface area contributed by atoms with Gasteiger partial charge in [-0.25, -0.2) is 4.79 Å². The molecule has 20 heteroatoms. The molecule has 20 nitrogen and oxygen atoms in total. The molecule has 8 aliphatic rings. The first-order valence-corrected chi connectivity index (χ1v) is 24.4. The van der Waals surface area contributed by atoms with E-state index < -0.39 is 152 Å². The summed E-state index contributed by atoms with van der Waals surface area (Å²) in [5, 5.41) is 119. The second-order valence-electron chi connectivity index (χ2n) is 23.2. The van der Waals surface area contributed by atoms with E-state index in [1.54, 1.807) is 0 Å². The zero-order valence-electron chi connectivity index (χ0n) is 40.1. The van der Waals surface area contributed by atoms with Crippen molar-refractivity contribution in [1.82, 2.24) is 0 Å². The zero-order chi connectivity index (χ0) is 49.8. The number of aliphatic hydroxyl groups is 11. The van der Waals surface area contributed by atoms with Crippen LogP contribution < -0.4 is 0 Å². The highest BCUT2D eigenvalue weighted by Crippen LogP contribution is 2.76. The Balaban J connectivity index is 1.05. The van der Waals surface area contributed by atoms with Crippen LogP contribution in [-0.2, 0) is 42.7 Å². The largest absolute Gasteiger partial charge is 0.467 e. The maximum absolute atomic E-state index is 14.7. The molecule has 3 heterocycles. The van der Waals surface area contributed by atoms with Crippen LogP contribution in [0.4, 0.5) is 0 Å². The van der Waals surface area contributed by atoms with Crippen molar-refractivity contribution in [2.24, 2.45) is 50.2 Å². The predicted molar refractivity (Wildman–Crippen MR) is 232 cm³/mol. The molecule has 0 spiro atoms. The fourth-order valence-corrected chi connectivity index (χ4v) is 15.0. The third-order valence-corrected chi connectivity index (χ3v) is 19.2. The average Bonchev–Trinajstić information content (AvgIpc) is 3.29. The number of ether oxygens (including phenoxy) is 7. The van der Waals surface area contributed by atoms with Gasteiger partial charge in [0.15, 0.2) is 18.7 Å². The number of methoxy groups -OCH3 is 1. The highest BCUT2D eigenvalue weighted by Gasteiger charge is 2.71. The molecular formula is C48H76O20. The van der Waals surface area contributed by atoms with Crippen molar-refractivity contribution in [2.75, 3.05) is 26.9 Å². The highest BCUT2D eigenvalue weighted by molar-refractivity contribution is 5.79.